The number of aromatic nitrogens is 4. The molecule has 0 atom stereocenters. The van der Waals surface area contributed by atoms with E-state index in [4.69, 9.17) is 15.0 Å². The van der Waals surface area contributed by atoms with Crippen molar-refractivity contribution in [3.05, 3.63) is 170 Å². The molecule has 2 aromatic heterocycles. The van der Waals surface area contributed by atoms with Crippen LogP contribution in [-0.4, -0.2) is 19.9 Å². The summed E-state index contributed by atoms with van der Waals surface area (Å²) in [5.41, 5.74) is 6.16. The van der Waals surface area contributed by atoms with Crippen molar-refractivity contribution in [3.8, 4) is 45.3 Å². The lowest BCUT2D eigenvalue weighted by molar-refractivity contribution is 1.08. The zero-order valence-corrected chi connectivity index (χ0v) is 27.0. The Balaban J connectivity index is 1.20. The van der Waals surface area contributed by atoms with Crippen LogP contribution in [-0.2, 0) is 0 Å². The first-order valence-corrected chi connectivity index (χ1v) is 16.8. The number of hydrogen-bond acceptors (Lipinski definition) is 4. The molecule has 0 spiro atoms. The van der Waals surface area contributed by atoms with Gasteiger partial charge in [0.05, 0.1) is 5.52 Å². The normalized spacial score (nSPS) is 11.6. The van der Waals surface area contributed by atoms with Gasteiger partial charge in [0.15, 0.2) is 17.5 Å². The van der Waals surface area contributed by atoms with E-state index in [9.17, 15) is 0 Å². The van der Waals surface area contributed by atoms with Crippen LogP contribution in [0.25, 0.3) is 99.3 Å². The van der Waals surface area contributed by atoms with Gasteiger partial charge in [0.25, 0.3) is 0 Å². The van der Waals surface area contributed by atoms with Gasteiger partial charge in [-0.05, 0) is 90.6 Å². The topological polar surface area (TPSA) is 51.6 Å². The second-order valence-corrected chi connectivity index (χ2v) is 12.7. The molecule has 232 valence electrons. The zero-order chi connectivity index (χ0) is 33.0. The van der Waals surface area contributed by atoms with Crippen LogP contribution >= 0.6 is 0 Å². The van der Waals surface area contributed by atoms with Gasteiger partial charge >= 0.3 is 0 Å². The van der Waals surface area contributed by atoms with Crippen LogP contribution in [0.4, 0.5) is 0 Å². The first-order valence-electron chi connectivity index (χ1n) is 16.8. The van der Waals surface area contributed by atoms with Crippen molar-refractivity contribution in [1.29, 1.82) is 0 Å². The SMILES string of the molecule is c1ccc2cc3c(-c4nc(-c5ccc(-c6ccc7ncccc7c6)cc5)nc(-c5c6ccccc6cc6ccccc56)n4)cccc3cc2c1. The Morgan fingerprint density at radius 1 is 0.320 bits per heavy atom. The number of benzene rings is 8. The van der Waals surface area contributed by atoms with E-state index in [-0.39, 0.29) is 0 Å². The number of rotatable bonds is 4. The summed E-state index contributed by atoms with van der Waals surface area (Å²) in [6.07, 6.45) is 1.83. The van der Waals surface area contributed by atoms with Gasteiger partial charge in [-0.25, -0.2) is 15.0 Å². The van der Waals surface area contributed by atoms with Crippen LogP contribution in [0.5, 0.6) is 0 Å². The van der Waals surface area contributed by atoms with Crippen LogP contribution in [0.2, 0.25) is 0 Å². The molecule has 0 amide bonds. The molecule has 8 aromatic carbocycles. The highest BCUT2D eigenvalue weighted by Gasteiger charge is 2.18. The van der Waals surface area contributed by atoms with Gasteiger partial charge in [0, 0.05) is 28.3 Å². The minimum absolute atomic E-state index is 0.633. The molecule has 0 aliphatic carbocycles. The minimum Gasteiger partial charge on any atom is -0.256 e. The average molecular weight is 637 g/mol. The maximum Gasteiger partial charge on any atom is 0.165 e. The van der Waals surface area contributed by atoms with Crippen molar-refractivity contribution in [2.75, 3.05) is 0 Å². The third-order valence-electron chi connectivity index (χ3n) is 9.70. The third kappa shape index (κ3) is 4.77. The molecule has 0 bridgehead atoms. The summed E-state index contributed by atoms with van der Waals surface area (Å²) in [5, 5.41) is 10.3. The Morgan fingerprint density at radius 2 is 0.880 bits per heavy atom. The predicted molar refractivity (Wildman–Crippen MR) is 207 cm³/mol. The van der Waals surface area contributed by atoms with Crippen molar-refractivity contribution in [2.24, 2.45) is 0 Å². The van der Waals surface area contributed by atoms with E-state index in [0.717, 1.165) is 71.0 Å². The fraction of sp³-hybridized carbons (Fsp3) is 0. The summed E-state index contributed by atoms with van der Waals surface area (Å²) >= 11 is 0. The second kappa shape index (κ2) is 11.4. The molecule has 2 heterocycles. The lowest BCUT2D eigenvalue weighted by atomic mass is 9.96. The Morgan fingerprint density at radius 3 is 1.66 bits per heavy atom. The molecule has 10 rings (SSSR count). The van der Waals surface area contributed by atoms with Crippen molar-refractivity contribution < 1.29 is 0 Å². The van der Waals surface area contributed by atoms with E-state index in [0.29, 0.717) is 17.5 Å². The largest absolute Gasteiger partial charge is 0.256 e. The number of hydrogen-bond donors (Lipinski definition) is 0. The van der Waals surface area contributed by atoms with Crippen LogP contribution in [0.3, 0.4) is 0 Å². The van der Waals surface area contributed by atoms with Gasteiger partial charge in [-0.2, -0.15) is 0 Å². The lowest BCUT2D eigenvalue weighted by Gasteiger charge is -2.14. The molecule has 0 saturated carbocycles. The van der Waals surface area contributed by atoms with E-state index in [2.05, 4.69) is 163 Å². The van der Waals surface area contributed by atoms with Gasteiger partial charge in [0.1, 0.15) is 0 Å². The third-order valence-corrected chi connectivity index (χ3v) is 9.70. The van der Waals surface area contributed by atoms with E-state index in [1.54, 1.807) is 0 Å². The van der Waals surface area contributed by atoms with Gasteiger partial charge in [-0.15, -0.1) is 0 Å². The summed E-state index contributed by atoms with van der Waals surface area (Å²) in [4.78, 5) is 20.2. The molecular weight excluding hydrogens is 609 g/mol. The smallest absolute Gasteiger partial charge is 0.165 e. The molecule has 0 fully saturated rings. The van der Waals surface area contributed by atoms with Crippen molar-refractivity contribution in [3.63, 3.8) is 0 Å². The molecule has 0 aliphatic heterocycles. The van der Waals surface area contributed by atoms with Gasteiger partial charge in [-0.3, -0.25) is 4.98 Å². The fourth-order valence-electron chi connectivity index (χ4n) is 7.22. The molecule has 4 heteroatoms. The predicted octanol–water partition coefficient (Wildman–Crippen LogP) is 11.7. The lowest BCUT2D eigenvalue weighted by Crippen LogP contribution is -2.01. The highest BCUT2D eigenvalue weighted by molar-refractivity contribution is 6.12. The van der Waals surface area contributed by atoms with Crippen molar-refractivity contribution in [1.82, 2.24) is 19.9 Å². The Labute approximate surface area is 288 Å². The molecule has 0 saturated heterocycles. The number of pyridine rings is 1. The second-order valence-electron chi connectivity index (χ2n) is 12.7. The van der Waals surface area contributed by atoms with Crippen LogP contribution in [0, 0.1) is 0 Å². The Hall–Kier alpha value is -6.78. The molecule has 10 aromatic rings. The first kappa shape index (κ1) is 28.3. The molecule has 0 unspecified atom stereocenters. The first-order chi connectivity index (χ1) is 24.7. The van der Waals surface area contributed by atoms with E-state index in [1.807, 2.05) is 12.3 Å². The van der Waals surface area contributed by atoms with Gasteiger partial charge in [-0.1, -0.05) is 127 Å². The molecule has 50 heavy (non-hydrogen) atoms. The Bertz CT molecular complexity index is 2880. The summed E-state index contributed by atoms with van der Waals surface area (Å²) in [6, 6.07) is 57.6. The number of fused-ring (bicyclic) bond motifs is 5. The van der Waals surface area contributed by atoms with E-state index < -0.39 is 0 Å². The van der Waals surface area contributed by atoms with Gasteiger partial charge in [0.2, 0.25) is 0 Å². The van der Waals surface area contributed by atoms with Crippen LogP contribution in [0.1, 0.15) is 0 Å². The fourth-order valence-corrected chi connectivity index (χ4v) is 7.22. The highest BCUT2D eigenvalue weighted by Crippen LogP contribution is 2.38. The minimum atomic E-state index is 0.633. The molecule has 0 radical (unpaired) electrons. The van der Waals surface area contributed by atoms with E-state index >= 15 is 0 Å². The zero-order valence-electron chi connectivity index (χ0n) is 27.0. The summed E-state index contributed by atoms with van der Waals surface area (Å²) in [6.45, 7) is 0. The summed E-state index contributed by atoms with van der Waals surface area (Å²) in [7, 11) is 0. The molecular formula is C46H28N4. The van der Waals surface area contributed by atoms with Gasteiger partial charge < -0.3 is 0 Å². The molecule has 0 aliphatic rings. The summed E-state index contributed by atoms with van der Waals surface area (Å²) < 4.78 is 0. The maximum absolute atomic E-state index is 5.30. The van der Waals surface area contributed by atoms with Crippen molar-refractivity contribution >= 4 is 54.0 Å². The summed E-state index contributed by atoms with van der Waals surface area (Å²) in [5.74, 6) is 1.94. The van der Waals surface area contributed by atoms with Crippen LogP contribution in [0.15, 0.2) is 170 Å². The average Bonchev–Trinajstić information content (AvgIpc) is 3.18. The van der Waals surface area contributed by atoms with E-state index in [1.165, 1.54) is 10.8 Å². The Kier molecular flexibility index (Phi) is 6.46. The highest BCUT2D eigenvalue weighted by atomic mass is 15.0. The monoisotopic (exact) mass is 636 g/mol. The molecule has 4 nitrogen and oxygen atoms in total. The van der Waals surface area contributed by atoms with Crippen LogP contribution < -0.4 is 0 Å². The maximum atomic E-state index is 5.30. The standard InChI is InChI=1S/C46H28N4/c1-2-10-32-28-41-36(25-31(32)9-1)13-7-17-40(41)45-48-44(30-20-18-29(19-21-30)33-22-23-42-37(26-33)14-8-24-47-42)49-46(50-45)43-38-15-5-3-11-34(38)27-35-12-4-6-16-39(35)43/h1-28H. The van der Waals surface area contributed by atoms with Crippen molar-refractivity contribution in [2.45, 2.75) is 0 Å². The molecule has 0 N–H and O–H groups in total. The quantitative estimate of drug-likeness (QED) is 0.180. The number of nitrogens with zero attached hydrogens (tertiary/aromatic N) is 4.